The lowest BCUT2D eigenvalue weighted by molar-refractivity contribution is 0.0586. The van der Waals surface area contributed by atoms with E-state index in [2.05, 4.69) is 13.2 Å². The molecule has 0 spiro atoms. The number of alkyl halides is 1. The maximum Gasteiger partial charge on any atom is 0.176 e. The van der Waals surface area contributed by atoms with Crippen LogP contribution in [0.25, 0.3) is 0 Å². The molecule has 0 unspecified atom stereocenters. The number of hydrogen-bond acceptors (Lipinski definition) is 1. The third-order valence-corrected chi connectivity index (χ3v) is 1.88. The van der Waals surface area contributed by atoms with Crippen molar-refractivity contribution in [2.24, 2.45) is 0 Å². The molecule has 0 aliphatic rings. The van der Waals surface area contributed by atoms with Gasteiger partial charge in [0, 0.05) is 13.2 Å². The van der Waals surface area contributed by atoms with Gasteiger partial charge in [-0.25, -0.2) is 4.39 Å². The Morgan fingerprint density at radius 3 is 2.15 bits per heavy atom. The van der Waals surface area contributed by atoms with Gasteiger partial charge in [-0.15, -0.1) is 0 Å². The molecule has 0 bridgehead atoms. The lowest BCUT2D eigenvalue weighted by atomic mass is 10.1. The van der Waals surface area contributed by atoms with Gasteiger partial charge in [-0.3, -0.25) is 0 Å². The first-order valence-corrected chi connectivity index (χ1v) is 4.21. The highest BCUT2D eigenvalue weighted by molar-refractivity contribution is 5.34. The van der Waals surface area contributed by atoms with Crippen LogP contribution in [0.15, 0.2) is 36.6 Å². The fraction of sp³-hybridized carbons (Fsp3) is 0.455. The number of rotatable bonds is 4. The third kappa shape index (κ3) is 3.92. The van der Waals surface area contributed by atoms with Crippen LogP contribution in [-0.4, -0.2) is 17.7 Å². The number of allylic oxidation sites excluding steroid dienone is 3. The Labute approximate surface area is 80.2 Å². The molecule has 0 amide bonds. The van der Waals surface area contributed by atoms with Crippen LogP contribution in [0.1, 0.15) is 20.8 Å². The zero-order chi connectivity index (χ0) is 10.6. The fourth-order valence-electron chi connectivity index (χ4n) is 0.699. The molecule has 0 fully saturated rings. The maximum absolute atomic E-state index is 13.4. The van der Waals surface area contributed by atoms with Crippen LogP contribution in [-0.2, 0) is 0 Å². The molecule has 0 aromatic carbocycles. The Hall–Kier alpha value is -1.05. The van der Waals surface area contributed by atoms with Crippen LogP contribution in [0.3, 0.4) is 0 Å². The first-order valence-electron chi connectivity index (χ1n) is 4.21. The predicted octanol–water partition coefficient (Wildman–Crippen LogP) is 3.27. The second-order valence-corrected chi connectivity index (χ2v) is 3.59. The summed E-state index contributed by atoms with van der Waals surface area (Å²) in [7, 11) is 1.69. The van der Waals surface area contributed by atoms with Gasteiger partial charge >= 0.3 is 0 Å². The van der Waals surface area contributed by atoms with Gasteiger partial charge in [-0.2, -0.15) is 0 Å². The maximum atomic E-state index is 13.4. The van der Waals surface area contributed by atoms with E-state index in [1.165, 1.54) is 18.7 Å². The molecule has 74 valence electrons. The van der Waals surface area contributed by atoms with Crippen LogP contribution in [0, 0.1) is 0 Å². The van der Waals surface area contributed by atoms with Crippen molar-refractivity contribution in [3.8, 4) is 0 Å². The van der Waals surface area contributed by atoms with E-state index in [1.807, 2.05) is 6.92 Å². The predicted molar refractivity (Wildman–Crippen MR) is 56.0 cm³/mol. The first kappa shape index (κ1) is 11.9. The number of halogens is 1. The molecule has 0 aromatic heterocycles. The van der Waals surface area contributed by atoms with E-state index in [9.17, 15) is 4.39 Å². The summed E-state index contributed by atoms with van der Waals surface area (Å²) in [5.74, 6) is -1.36. The summed E-state index contributed by atoms with van der Waals surface area (Å²) in [5, 5.41) is 0. The summed E-state index contributed by atoms with van der Waals surface area (Å²) in [4.78, 5) is 1.50. The second-order valence-electron chi connectivity index (χ2n) is 3.59. The normalized spacial score (nSPS) is 12.5. The van der Waals surface area contributed by atoms with Gasteiger partial charge in [0.15, 0.2) is 5.79 Å². The van der Waals surface area contributed by atoms with Crippen molar-refractivity contribution in [1.29, 1.82) is 0 Å². The van der Waals surface area contributed by atoms with E-state index >= 15 is 0 Å². The molecule has 0 atom stereocenters. The molecule has 0 rings (SSSR count). The van der Waals surface area contributed by atoms with E-state index in [0.717, 1.165) is 11.1 Å². The first-order chi connectivity index (χ1) is 5.79. The van der Waals surface area contributed by atoms with Crippen molar-refractivity contribution in [2.75, 3.05) is 7.05 Å². The molecule has 2 heteroatoms. The Kier molecular flexibility index (Phi) is 3.92. The molecule has 0 saturated carbocycles. The smallest absolute Gasteiger partial charge is 0.176 e. The Morgan fingerprint density at radius 1 is 1.46 bits per heavy atom. The van der Waals surface area contributed by atoms with E-state index in [1.54, 1.807) is 19.3 Å². The average Bonchev–Trinajstić information content (AvgIpc) is 1.96. The zero-order valence-corrected chi connectivity index (χ0v) is 8.89. The molecule has 0 radical (unpaired) electrons. The summed E-state index contributed by atoms with van der Waals surface area (Å²) in [6, 6.07) is 0. The van der Waals surface area contributed by atoms with Crippen molar-refractivity contribution in [3.05, 3.63) is 36.6 Å². The molecule has 0 saturated heterocycles. The Morgan fingerprint density at radius 2 is 1.92 bits per heavy atom. The van der Waals surface area contributed by atoms with Crippen molar-refractivity contribution < 1.29 is 4.39 Å². The van der Waals surface area contributed by atoms with Gasteiger partial charge in [0.1, 0.15) is 0 Å². The molecule has 0 N–H and O–H groups in total. The van der Waals surface area contributed by atoms with Gasteiger partial charge in [0.05, 0.1) is 0 Å². The monoisotopic (exact) mass is 183 g/mol. The van der Waals surface area contributed by atoms with Gasteiger partial charge in [-0.05, 0) is 31.9 Å². The van der Waals surface area contributed by atoms with Crippen LogP contribution in [0.5, 0.6) is 0 Å². The molecule has 0 aliphatic heterocycles. The zero-order valence-electron chi connectivity index (χ0n) is 8.89. The minimum Gasteiger partial charge on any atom is -0.349 e. The standard InChI is InChI=1S/C11H18FN/c1-7-10(9(2)3)8-13(6)11(4,5)12/h7-8H,1-2H2,3-6H3/b10-8+. The Bertz CT molecular complexity index is 233. The lowest BCUT2D eigenvalue weighted by Crippen LogP contribution is -2.32. The SMILES string of the molecule is C=C/C(=C\N(C)C(C)(C)F)C(=C)C. The van der Waals surface area contributed by atoms with Crippen molar-refractivity contribution in [1.82, 2.24) is 4.90 Å². The van der Waals surface area contributed by atoms with Crippen LogP contribution >= 0.6 is 0 Å². The molecule has 0 heterocycles. The van der Waals surface area contributed by atoms with Crippen LogP contribution < -0.4 is 0 Å². The van der Waals surface area contributed by atoms with Gasteiger partial charge in [-0.1, -0.05) is 19.2 Å². The summed E-state index contributed by atoms with van der Waals surface area (Å²) in [5.41, 5.74) is 1.74. The summed E-state index contributed by atoms with van der Waals surface area (Å²) in [6.45, 7) is 12.3. The molecule has 0 aromatic rings. The highest BCUT2D eigenvalue weighted by atomic mass is 19.1. The molecule has 13 heavy (non-hydrogen) atoms. The molecule has 0 aliphatic carbocycles. The highest BCUT2D eigenvalue weighted by Crippen LogP contribution is 2.17. The minimum absolute atomic E-state index is 0.855. The number of hydrogen-bond donors (Lipinski definition) is 0. The van der Waals surface area contributed by atoms with Gasteiger partial charge in [0.25, 0.3) is 0 Å². The van der Waals surface area contributed by atoms with Crippen LogP contribution in [0.4, 0.5) is 4.39 Å². The van der Waals surface area contributed by atoms with Crippen LogP contribution in [0.2, 0.25) is 0 Å². The van der Waals surface area contributed by atoms with E-state index in [0.29, 0.717) is 0 Å². The quantitative estimate of drug-likeness (QED) is 0.477. The topological polar surface area (TPSA) is 3.24 Å². The Balaban J connectivity index is 4.71. The average molecular weight is 183 g/mol. The van der Waals surface area contributed by atoms with Crippen molar-refractivity contribution in [2.45, 2.75) is 26.6 Å². The van der Waals surface area contributed by atoms with Crippen molar-refractivity contribution in [3.63, 3.8) is 0 Å². The van der Waals surface area contributed by atoms with E-state index in [4.69, 9.17) is 0 Å². The summed E-state index contributed by atoms with van der Waals surface area (Å²) >= 11 is 0. The third-order valence-electron chi connectivity index (χ3n) is 1.88. The van der Waals surface area contributed by atoms with E-state index < -0.39 is 5.79 Å². The fourth-order valence-corrected chi connectivity index (χ4v) is 0.699. The van der Waals surface area contributed by atoms with Gasteiger partial charge < -0.3 is 4.90 Å². The summed E-state index contributed by atoms with van der Waals surface area (Å²) in [6.07, 6.45) is 3.37. The number of nitrogens with zero attached hydrogens (tertiary/aromatic N) is 1. The lowest BCUT2D eigenvalue weighted by Gasteiger charge is -2.27. The summed E-state index contributed by atoms with van der Waals surface area (Å²) < 4.78 is 13.4. The van der Waals surface area contributed by atoms with Gasteiger partial charge in [0.2, 0.25) is 0 Å². The molecular formula is C11H18FN. The van der Waals surface area contributed by atoms with E-state index in [-0.39, 0.29) is 0 Å². The highest BCUT2D eigenvalue weighted by Gasteiger charge is 2.19. The second kappa shape index (κ2) is 4.26. The largest absolute Gasteiger partial charge is 0.349 e. The van der Waals surface area contributed by atoms with Crippen molar-refractivity contribution >= 4 is 0 Å². The molecule has 1 nitrogen and oxygen atoms in total. The minimum atomic E-state index is -1.36. The molecular weight excluding hydrogens is 165 g/mol.